The molecule has 0 aliphatic rings. The first kappa shape index (κ1) is 12.9. The maximum atomic E-state index is 10.6. The Morgan fingerprint density at radius 3 is 2.77 bits per heavy atom. The van der Waals surface area contributed by atoms with Crippen molar-refractivity contribution < 1.29 is 47.3 Å². The predicted octanol–water partition coefficient (Wildman–Crippen LogP) is 1.84. The van der Waals surface area contributed by atoms with Gasteiger partial charge >= 0.3 is 38.7 Å². The Bertz CT molecular complexity index is 314. The summed E-state index contributed by atoms with van der Waals surface area (Å²) in [5.41, 5.74) is 0.0428. The van der Waals surface area contributed by atoms with Crippen LogP contribution in [0.1, 0.15) is 10.4 Å². The number of benzene rings is 1. The number of ether oxygens (including phenoxy) is 1. The van der Waals surface area contributed by atoms with Crippen molar-refractivity contribution in [2.75, 3.05) is 7.11 Å². The van der Waals surface area contributed by atoms with Gasteiger partial charge in [0, 0.05) is 5.75 Å². The van der Waals surface area contributed by atoms with Crippen LogP contribution in [0.2, 0.25) is 5.02 Å². The van der Waals surface area contributed by atoms with Crippen molar-refractivity contribution in [3.8, 4) is 5.75 Å². The molecule has 0 atom stereocenters. The zero-order chi connectivity index (χ0) is 9.14. The van der Waals surface area contributed by atoms with Crippen LogP contribution in [0.3, 0.4) is 0 Å². The molecule has 0 saturated heterocycles. The smallest absolute Gasteiger partial charge is 0.553 e. The van der Waals surface area contributed by atoms with E-state index in [0.717, 1.165) is 0 Å². The van der Waals surface area contributed by atoms with Gasteiger partial charge in [-0.15, -0.1) is 23.7 Å². The number of halogens is 1. The number of aromatic carboxylic acids is 1. The Labute approximate surface area is 106 Å². The molecule has 0 aliphatic carbocycles. The molecular formula is C8H6ClO3Y+2. The molecule has 0 saturated carbocycles. The third-order valence-electron chi connectivity index (χ3n) is 1.33. The van der Waals surface area contributed by atoms with Gasteiger partial charge in [0.05, 0.1) is 7.11 Å². The van der Waals surface area contributed by atoms with E-state index in [0.29, 0.717) is 0 Å². The Morgan fingerprint density at radius 2 is 2.31 bits per heavy atom. The van der Waals surface area contributed by atoms with E-state index in [9.17, 15) is 4.79 Å². The van der Waals surface area contributed by atoms with E-state index in [1.54, 1.807) is 0 Å². The second kappa shape index (κ2) is 5.58. The molecule has 0 heterocycles. The SMILES string of the molecule is COc1c[c-]c(Cl)cc1C(=O)O.[Y+3]. The number of methoxy groups -OCH3 is 1. The molecule has 1 N–H and O–H groups in total. The maximum absolute atomic E-state index is 10.6. The predicted molar refractivity (Wildman–Crippen MR) is 43.8 cm³/mol. The summed E-state index contributed by atoms with van der Waals surface area (Å²) in [5, 5.41) is 8.93. The molecule has 13 heavy (non-hydrogen) atoms. The van der Waals surface area contributed by atoms with Crippen LogP contribution in [-0.4, -0.2) is 18.2 Å². The molecule has 0 spiro atoms. The number of rotatable bonds is 2. The van der Waals surface area contributed by atoms with Crippen molar-refractivity contribution in [1.29, 1.82) is 0 Å². The van der Waals surface area contributed by atoms with Gasteiger partial charge in [0.1, 0.15) is 0 Å². The quantitative estimate of drug-likeness (QED) is 0.837. The van der Waals surface area contributed by atoms with Crippen molar-refractivity contribution in [2.24, 2.45) is 0 Å². The zero-order valence-electron chi connectivity index (χ0n) is 6.87. The molecule has 0 bridgehead atoms. The summed E-state index contributed by atoms with van der Waals surface area (Å²) >= 11 is 5.54. The van der Waals surface area contributed by atoms with Gasteiger partial charge in [-0.25, -0.2) is 4.79 Å². The fraction of sp³-hybridized carbons (Fsp3) is 0.125. The average Bonchev–Trinajstić information content (AvgIpc) is 2.04. The van der Waals surface area contributed by atoms with Gasteiger partial charge in [-0.05, 0) is 5.56 Å². The molecular weight excluding hydrogens is 268 g/mol. The van der Waals surface area contributed by atoms with E-state index in [2.05, 4.69) is 6.07 Å². The summed E-state index contributed by atoms with van der Waals surface area (Å²) in [4.78, 5) is 10.6. The first-order chi connectivity index (χ1) is 5.65. The molecule has 1 rings (SSSR count). The summed E-state index contributed by atoms with van der Waals surface area (Å²) < 4.78 is 4.79. The van der Waals surface area contributed by atoms with Crippen molar-refractivity contribution in [3.63, 3.8) is 0 Å². The van der Waals surface area contributed by atoms with Gasteiger partial charge in [-0.2, -0.15) is 6.07 Å². The molecule has 0 amide bonds. The first-order valence-electron chi connectivity index (χ1n) is 3.13. The third kappa shape index (κ3) is 3.26. The normalized spacial score (nSPS) is 8.77. The average molecular weight is 274 g/mol. The molecule has 5 heteroatoms. The Morgan fingerprint density at radius 1 is 1.69 bits per heavy atom. The monoisotopic (exact) mass is 274 g/mol. The van der Waals surface area contributed by atoms with Crippen LogP contribution >= 0.6 is 11.6 Å². The van der Waals surface area contributed by atoms with Crippen molar-refractivity contribution in [3.05, 3.63) is 28.8 Å². The number of carboxylic acid groups (broad SMARTS) is 1. The molecule has 3 nitrogen and oxygen atoms in total. The van der Waals surface area contributed by atoms with Crippen LogP contribution < -0.4 is 4.74 Å². The van der Waals surface area contributed by atoms with E-state index < -0.39 is 5.97 Å². The Balaban J connectivity index is 0.00000144. The number of carbonyl (C=O) groups is 1. The van der Waals surface area contributed by atoms with Gasteiger partial charge in [0.25, 0.3) is 0 Å². The zero-order valence-corrected chi connectivity index (χ0v) is 10.5. The number of hydrogen-bond acceptors (Lipinski definition) is 2. The molecule has 64 valence electrons. The fourth-order valence-corrected chi connectivity index (χ4v) is 0.951. The minimum Gasteiger partial charge on any atom is -0.553 e. The summed E-state index contributed by atoms with van der Waals surface area (Å²) in [7, 11) is 1.39. The second-order valence-corrected chi connectivity index (χ2v) is 2.48. The molecule has 0 aromatic heterocycles. The van der Waals surface area contributed by atoms with Crippen molar-refractivity contribution in [2.45, 2.75) is 0 Å². The van der Waals surface area contributed by atoms with Gasteiger partial charge in [-0.1, -0.05) is 5.02 Å². The van der Waals surface area contributed by atoms with Gasteiger partial charge in [0.15, 0.2) is 0 Å². The molecule has 1 aromatic carbocycles. The van der Waals surface area contributed by atoms with Crippen LogP contribution in [0.15, 0.2) is 12.1 Å². The molecule has 0 fully saturated rings. The fourth-order valence-electron chi connectivity index (χ4n) is 0.788. The molecule has 0 radical (unpaired) electrons. The van der Waals surface area contributed by atoms with Crippen molar-refractivity contribution >= 4 is 17.6 Å². The summed E-state index contributed by atoms with van der Waals surface area (Å²) in [5.74, 6) is -0.811. The Kier molecular flexibility index (Phi) is 5.53. The molecule has 1 aromatic rings. The third-order valence-corrected chi connectivity index (χ3v) is 1.55. The maximum Gasteiger partial charge on any atom is 3.00 e. The molecule has 0 aliphatic heterocycles. The van der Waals surface area contributed by atoms with Crippen LogP contribution in [0.5, 0.6) is 5.75 Å². The van der Waals surface area contributed by atoms with E-state index in [1.807, 2.05) is 0 Å². The first-order valence-corrected chi connectivity index (χ1v) is 3.51. The van der Waals surface area contributed by atoms with Gasteiger partial charge in [-0.3, -0.25) is 0 Å². The van der Waals surface area contributed by atoms with Crippen LogP contribution in [0.4, 0.5) is 0 Å². The standard InChI is InChI=1S/C8H6ClO3.Y/c1-12-7-3-2-5(9)4-6(7)8(10)11;/h3-4H,1H3,(H,10,11);/q-1;+3. The van der Waals surface area contributed by atoms with E-state index >= 15 is 0 Å². The molecule has 0 unspecified atom stereocenters. The number of hydrogen-bond donors (Lipinski definition) is 1. The van der Waals surface area contributed by atoms with Crippen LogP contribution in [0, 0.1) is 6.07 Å². The minimum absolute atomic E-state index is 0. The summed E-state index contributed by atoms with van der Waals surface area (Å²) in [6.45, 7) is 0. The van der Waals surface area contributed by atoms with Crippen LogP contribution in [0.25, 0.3) is 0 Å². The van der Waals surface area contributed by atoms with E-state index in [-0.39, 0.29) is 49.0 Å². The summed E-state index contributed by atoms with van der Waals surface area (Å²) in [6.07, 6.45) is 0. The minimum atomic E-state index is -1.07. The second-order valence-electron chi connectivity index (χ2n) is 2.07. The van der Waals surface area contributed by atoms with Gasteiger partial charge < -0.3 is 9.84 Å². The Hall–Kier alpha value is -0.116. The summed E-state index contributed by atoms with van der Waals surface area (Å²) in [6, 6.07) is 5.31. The van der Waals surface area contributed by atoms with E-state index in [4.69, 9.17) is 21.4 Å². The largest absolute Gasteiger partial charge is 3.00 e. The van der Waals surface area contributed by atoms with E-state index in [1.165, 1.54) is 19.2 Å². The number of carboxylic acids is 1. The van der Waals surface area contributed by atoms with Gasteiger partial charge in [0.2, 0.25) is 0 Å². The topological polar surface area (TPSA) is 46.5 Å². The van der Waals surface area contributed by atoms with Crippen LogP contribution in [-0.2, 0) is 32.7 Å². The van der Waals surface area contributed by atoms with Crippen molar-refractivity contribution in [1.82, 2.24) is 0 Å².